The Morgan fingerprint density at radius 1 is 0.696 bits per heavy atom. The fourth-order valence-corrected chi connectivity index (χ4v) is 3.58. The Kier molecular flexibility index (Phi) is 3.30. The van der Waals surface area contributed by atoms with E-state index in [1.807, 2.05) is 12.1 Å². The van der Waals surface area contributed by atoms with Crippen molar-refractivity contribution < 1.29 is 9.15 Å². The standard InChI is InChI=1S/C21H18O2/c1-2-21(16-10-5-3-6-11-16,17-12-7-4-8-13-17)18-14-9-15-19-20(18)23-22-19/h3-15H,2H2,1H3. The van der Waals surface area contributed by atoms with Crippen LogP contribution in [0.1, 0.15) is 30.0 Å². The van der Waals surface area contributed by atoms with Crippen LogP contribution in [0.3, 0.4) is 0 Å². The van der Waals surface area contributed by atoms with E-state index in [1.165, 1.54) is 11.1 Å². The largest absolute Gasteiger partial charge is 0.286 e. The number of rotatable bonds is 4. The first kappa shape index (κ1) is 13.9. The van der Waals surface area contributed by atoms with E-state index in [0.29, 0.717) is 0 Å². The lowest BCUT2D eigenvalue weighted by Crippen LogP contribution is -2.29. The summed E-state index contributed by atoms with van der Waals surface area (Å²) in [6, 6.07) is 27.4. The number of hydrogen-bond donors (Lipinski definition) is 0. The lowest BCUT2D eigenvalue weighted by atomic mass is 9.67. The first-order valence-electron chi connectivity index (χ1n) is 7.95. The molecule has 0 spiro atoms. The molecular weight excluding hydrogens is 284 g/mol. The summed E-state index contributed by atoms with van der Waals surface area (Å²) in [6.07, 6.45) is 0.931. The zero-order valence-electron chi connectivity index (χ0n) is 13.0. The Balaban J connectivity index is 2.06. The number of fused-ring (bicyclic) bond motifs is 1. The van der Waals surface area contributed by atoms with Crippen molar-refractivity contribution in [2.24, 2.45) is 0 Å². The maximum atomic E-state index is 5.36. The molecule has 0 unspecified atom stereocenters. The van der Waals surface area contributed by atoms with Gasteiger partial charge in [-0.3, -0.25) is 9.15 Å². The third-order valence-electron chi connectivity index (χ3n) is 4.72. The number of para-hydroxylation sites is 1. The second kappa shape index (κ2) is 5.47. The molecule has 0 amide bonds. The van der Waals surface area contributed by atoms with E-state index >= 15 is 0 Å². The van der Waals surface area contributed by atoms with Crippen LogP contribution in [0.25, 0.3) is 11.2 Å². The molecule has 1 aromatic heterocycles. The topological polar surface area (TPSA) is 26.3 Å². The zero-order valence-corrected chi connectivity index (χ0v) is 13.0. The minimum Gasteiger partial charge on any atom is -0.286 e. The summed E-state index contributed by atoms with van der Waals surface area (Å²) < 4.78 is 10.5. The number of benzene rings is 3. The summed E-state index contributed by atoms with van der Waals surface area (Å²) in [6.45, 7) is 2.22. The van der Waals surface area contributed by atoms with E-state index in [0.717, 1.165) is 23.2 Å². The maximum Gasteiger partial charge on any atom is 0.230 e. The molecule has 23 heavy (non-hydrogen) atoms. The maximum absolute atomic E-state index is 5.36. The van der Waals surface area contributed by atoms with E-state index in [2.05, 4.69) is 73.7 Å². The van der Waals surface area contributed by atoms with E-state index in [-0.39, 0.29) is 5.41 Å². The molecule has 114 valence electrons. The van der Waals surface area contributed by atoms with Gasteiger partial charge in [-0.15, -0.1) is 0 Å². The Hall–Kier alpha value is -2.74. The summed E-state index contributed by atoms with van der Waals surface area (Å²) >= 11 is 0. The van der Waals surface area contributed by atoms with Crippen molar-refractivity contribution in [3.63, 3.8) is 0 Å². The molecular formula is C21H18O2. The molecule has 0 fully saturated rings. The molecule has 2 heteroatoms. The molecule has 2 nitrogen and oxygen atoms in total. The molecule has 1 heterocycles. The van der Waals surface area contributed by atoms with E-state index in [1.54, 1.807) is 0 Å². The second-order valence-electron chi connectivity index (χ2n) is 5.79. The molecule has 3 aromatic carbocycles. The molecule has 0 atom stereocenters. The van der Waals surface area contributed by atoms with Crippen LogP contribution in [0.5, 0.6) is 0 Å². The van der Waals surface area contributed by atoms with Crippen molar-refractivity contribution in [1.82, 2.24) is 0 Å². The fraction of sp³-hybridized carbons (Fsp3) is 0.143. The highest BCUT2D eigenvalue weighted by Gasteiger charge is 2.37. The minimum atomic E-state index is -0.252. The average Bonchev–Trinajstić information content (AvgIpc) is 2.59. The SMILES string of the molecule is CCC(c1ccccc1)(c1ccccc1)c1cccc2ooc12. The van der Waals surface area contributed by atoms with Crippen LogP contribution in [-0.4, -0.2) is 0 Å². The molecule has 0 saturated heterocycles. The fourth-order valence-electron chi connectivity index (χ4n) is 3.58. The third-order valence-corrected chi connectivity index (χ3v) is 4.72. The van der Waals surface area contributed by atoms with Crippen molar-refractivity contribution >= 4 is 11.2 Å². The molecule has 0 radical (unpaired) electrons. The van der Waals surface area contributed by atoms with E-state index in [4.69, 9.17) is 9.15 Å². The summed E-state index contributed by atoms with van der Waals surface area (Å²) in [4.78, 5) is 0. The molecule has 0 aliphatic heterocycles. The summed E-state index contributed by atoms with van der Waals surface area (Å²) in [5, 5.41) is 0. The van der Waals surface area contributed by atoms with Gasteiger partial charge in [-0.1, -0.05) is 79.7 Å². The van der Waals surface area contributed by atoms with Crippen molar-refractivity contribution in [3.05, 3.63) is 95.6 Å². The summed E-state index contributed by atoms with van der Waals surface area (Å²) in [7, 11) is 0. The highest BCUT2D eigenvalue weighted by Crippen LogP contribution is 2.45. The van der Waals surface area contributed by atoms with Crippen LogP contribution in [0.15, 0.2) is 88.0 Å². The third kappa shape index (κ3) is 2.02. The predicted octanol–water partition coefficient (Wildman–Crippen LogP) is 5.77. The van der Waals surface area contributed by atoms with Gasteiger partial charge in [0.05, 0.1) is 0 Å². The van der Waals surface area contributed by atoms with Gasteiger partial charge in [-0.2, -0.15) is 0 Å². The van der Waals surface area contributed by atoms with Gasteiger partial charge >= 0.3 is 0 Å². The molecule has 4 rings (SSSR count). The zero-order chi connectivity index (χ0) is 15.7. The lowest BCUT2D eigenvalue weighted by molar-refractivity contribution is 0.0574. The monoisotopic (exact) mass is 302 g/mol. The van der Waals surface area contributed by atoms with Crippen LogP contribution in [-0.2, 0) is 5.41 Å². The minimum absolute atomic E-state index is 0.252. The predicted molar refractivity (Wildman–Crippen MR) is 91.5 cm³/mol. The lowest BCUT2D eigenvalue weighted by Gasteiger charge is -2.35. The van der Waals surface area contributed by atoms with Crippen LogP contribution in [0, 0.1) is 0 Å². The first-order chi connectivity index (χ1) is 11.4. The van der Waals surface area contributed by atoms with Gasteiger partial charge in [0, 0.05) is 11.0 Å². The number of hydrogen-bond acceptors (Lipinski definition) is 2. The Morgan fingerprint density at radius 2 is 1.30 bits per heavy atom. The molecule has 0 N–H and O–H groups in total. The molecule has 0 aliphatic rings. The normalized spacial score (nSPS) is 11.9. The Morgan fingerprint density at radius 3 is 1.78 bits per heavy atom. The van der Waals surface area contributed by atoms with Crippen molar-refractivity contribution in [3.8, 4) is 0 Å². The highest BCUT2D eigenvalue weighted by molar-refractivity contribution is 5.78. The smallest absolute Gasteiger partial charge is 0.230 e. The Labute approximate surface area is 135 Å². The van der Waals surface area contributed by atoms with E-state index < -0.39 is 0 Å². The average molecular weight is 302 g/mol. The van der Waals surface area contributed by atoms with Gasteiger partial charge in [0.2, 0.25) is 11.2 Å². The first-order valence-corrected chi connectivity index (χ1v) is 7.95. The van der Waals surface area contributed by atoms with Gasteiger partial charge in [0.1, 0.15) is 0 Å². The molecule has 0 saturated carbocycles. The summed E-state index contributed by atoms with van der Waals surface area (Å²) in [5.74, 6) is 0. The van der Waals surface area contributed by atoms with Crippen molar-refractivity contribution in [2.45, 2.75) is 18.8 Å². The highest BCUT2D eigenvalue weighted by atomic mass is 17.0. The van der Waals surface area contributed by atoms with Crippen molar-refractivity contribution in [2.75, 3.05) is 0 Å². The molecule has 4 aromatic rings. The van der Waals surface area contributed by atoms with Gasteiger partial charge in [-0.05, 0) is 23.6 Å². The van der Waals surface area contributed by atoms with Crippen LogP contribution < -0.4 is 0 Å². The van der Waals surface area contributed by atoms with Crippen LogP contribution >= 0.6 is 0 Å². The van der Waals surface area contributed by atoms with Gasteiger partial charge < -0.3 is 0 Å². The quantitative estimate of drug-likeness (QED) is 0.353. The van der Waals surface area contributed by atoms with Crippen LogP contribution in [0.2, 0.25) is 0 Å². The van der Waals surface area contributed by atoms with Crippen LogP contribution in [0.4, 0.5) is 0 Å². The van der Waals surface area contributed by atoms with Crippen molar-refractivity contribution in [1.29, 1.82) is 0 Å². The Bertz CT molecular complexity index is 861. The van der Waals surface area contributed by atoms with Gasteiger partial charge in [-0.25, -0.2) is 0 Å². The van der Waals surface area contributed by atoms with E-state index in [9.17, 15) is 0 Å². The molecule has 0 aliphatic carbocycles. The van der Waals surface area contributed by atoms with Gasteiger partial charge in [0.15, 0.2) is 0 Å². The molecule has 0 bridgehead atoms. The second-order valence-corrected chi connectivity index (χ2v) is 5.79. The summed E-state index contributed by atoms with van der Waals surface area (Å²) in [5.41, 5.74) is 5.09. The van der Waals surface area contributed by atoms with Gasteiger partial charge in [0.25, 0.3) is 0 Å².